The molecule has 8 nitrogen and oxygen atoms in total. The van der Waals surface area contributed by atoms with Crippen LogP contribution in [0, 0.1) is 0 Å². The van der Waals surface area contributed by atoms with E-state index in [0.717, 1.165) is 24.3 Å². The zero-order valence-corrected chi connectivity index (χ0v) is 16.8. The van der Waals surface area contributed by atoms with Crippen LogP contribution in [0.1, 0.15) is 23.0 Å². The van der Waals surface area contributed by atoms with Crippen LogP contribution in [0.25, 0.3) is 0 Å². The molecule has 0 unspecified atom stereocenters. The first-order valence-electron chi connectivity index (χ1n) is 8.88. The Kier molecular flexibility index (Phi) is 6.20. The predicted molar refractivity (Wildman–Crippen MR) is 106 cm³/mol. The lowest BCUT2D eigenvalue weighted by Gasteiger charge is -2.09. The Morgan fingerprint density at radius 3 is 2.45 bits per heavy atom. The van der Waals surface area contributed by atoms with Crippen molar-refractivity contribution in [2.75, 3.05) is 16.6 Å². The number of rotatable bonds is 7. The summed E-state index contributed by atoms with van der Waals surface area (Å²) in [5.74, 6) is -0.307. The van der Waals surface area contributed by atoms with Crippen molar-refractivity contribution in [3.05, 3.63) is 65.9 Å². The Balaban J connectivity index is 1.72. The van der Waals surface area contributed by atoms with Gasteiger partial charge in [-0.2, -0.15) is 26.7 Å². The van der Waals surface area contributed by atoms with Crippen molar-refractivity contribution in [2.45, 2.75) is 18.1 Å². The molecule has 1 amide bonds. The molecule has 0 fully saturated rings. The van der Waals surface area contributed by atoms with Gasteiger partial charge >= 0.3 is 6.18 Å². The number of halogens is 3. The number of H-pyrrole nitrogens is 1. The average Bonchev–Trinajstić information content (AvgIpc) is 3.21. The second kappa shape index (κ2) is 8.68. The topological polar surface area (TPSA) is 113 Å². The molecule has 0 bridgehead atoms. The van der Waals surface area contributed by atoms with Crippen LogP contribution in [0.5, 0.6) is 5.75 Å². The average molecular weight is 454 g/mol. The van der Waals surface area contributed by atoms with E-state index in [9.17, 15) is 26.4 Å². The Bertz CT molecular complexity index is 1180. The Labute approximate surface area is 175 Å². The van der Waals surface area contributed by atoms with Crippen molar-refractivity contribution in [3.63, 3.8) is 0 Å². The predicted octanol–water partition coefficient (Wildman–Crippen LogP) is 3.88. The fourth-order valence-electron chi connectivity index (χ4n) is 2.52. The van der Waals surface area contributed by atoms with Crippen LogP contribution in [-0.2, 0) is 16.2 Å². The third-order valence-electron chi connectivity index (χ3n) is 3.94. The molecule has 2 aromatic carbocycles. The maximum absolute atomic E-state index is 12.8. The number of ether oxygens (including phenoxy) is 1. The van der Waals surface area contributed by atoms with Crippen LogP contribution in [-0.4, -0.2) is 31.1 Å². The summed E-state index contributed by atoms with van der Waals surface area (Å²) >= 11 is 0. The van der Waals surface area contributed by atoms with Crippen LogP contribution in [0.3, 0.4) is 0 Å². The molecule has 1 aromatic heterocycles. The molecule has 0 atom stereocenters. The highest BCUT2D eigenvalue weighted by Gasteiger charge is 2.30. The molecule has 164 valence electrons. The number of carbonyl (C=O) groups excluding carboxylic acids is 1. The Morgan fingerprint density at radius 1 is 1.10 bits per heavy atom. The highest BCUT2D eigenvalue weighted by Crippen LogP contribution is 2.30. The van der Waals surface area contributed by atoms with Gasteiger partial charge < -0.3 is 10.1 Å². The molecular weight excluding hydrogens is 437 g/mol. The quantitative estimate of drug-likeness (QED) is 0.502. The van der Waals surface area contributed by atoms with Crippen LogP contribution in [0.4, 0.5) is 24.5 Å². The summed E-state index contributed by atoms with van der Waals surface area (Å²) in [6.45, 7) is 2.28. The summed E-state index contributed by atoms with van der Waals surface area (Å²) in [5, 5.41) is 7.73. The molecule has 0 saturated carbocycles. The summed E-state index contributed by atoms with van der Waals surface area (Å²) in [7, 11) is -4.09. The second-order valence-corrected chi connectivity index (χ2v) is 7.86. The van der Waals surface area contributed by atoms with Crippen LogP contribution >= 0.6 is 0 Å². The standard InChI is InChI=1S/C19H17F3N4O4S/c1-2-30-15-8-6-13(7-9-15)26-31(28,29)17-11-16(24-25-17)18(27)23-14-5-3-4-12(10-14)19(20,21)22/h3-11,26H,2H2,1H3,(H,23,27)(H,24,25). The van der Waals surface area contributed by atoms with Crippen molar-refractivity contribution in [3.8, 4) is 5.75 Å². The maximum atomic E-state index is 12.8. The molecule has 0 aliphatic carbocycles. The smallest absolute Gasteiger partial charge is 0.416 e. The monoisotopic (exact) mass is 454 g/mol. The van der Waals surface area contributed by atoms with Crippen LogP contribution in [0.2, 0.25) is 0 Å². The lowest BCUT2D eigenvalue weighted by Crippen LogP contribution is -2.14. The molecule has 3 N–H and O–H groups in total. The van der Waals surface area contributed by atoms with Gasteiger partial charge in [0.15, 0.2) is 10.7 Å². The molecule has 12 heteroatoms. The molecule has 0 spiro atoms. The number of carbonyl (C=O) groups is 1. The molecule has 3 aromatic rings. The fourth-order valence-corrected chi connectivity index (χ4v) is 3.51. The van der Waals surface area contributed by atoms with E-state index < -0.39 is 32.7 Å². The minimum Gasteiger partial charge on any atom is -0.494 e. The molecule has 31 heavy (non-hydrogen) atoms. The van der Waals surface area contributed by atoms with E-state index in [0.29, 0.717) is 12.4 Å². The molecule has 1 heterocycles. The minimum absolute atomic E-state index is 0.111. The number of hydrogen-bond donors (Lipinski definition) is 3. The van der Waals surface area contributed by atoms with E-state index in [-0.39, 0.29) is 17.1 Å². The lowest BCUT2D eigenvalue weighted by atomic mass is 10.2. The van der Waals surface area contributed by atoms with Gasteiger partial charge in [0.1, 0.15) is 5.75 Å². The van der Waals surface area contributed by atoms with E-state index in [1.807, 2.05) is 6.92 Å². The Morgan fingerprint density at radius 2 is 1.81 bits per heavy atom. The number of nitrogens with zero attached hydrogens (tertiary/aromatic N) is 1. The highest BCUT2D eigenvalue weighted by atomic mass is 32.2. The maximum Gasteiger partial charge on any atom is 0.416 e. The molecule has 0 aliphatic heterocycles. The molecule has 0 radical (unpaired) electrons. The van der Waals surface area contributed by atoms with Gasteiger partial charge in [0, 0.05) is 17.4 Å². The second-order valence-electron chi connectivity index (χ2n) is 6.21. The zero-order valence-electron chi connectivity index (χ0n) is 16.0. The lowest BCUT2D eigenvalue weighted by molar-refractivity contribution is -0.137. The van der Waals surface area contributed by atoms with E-state index >= 15 is 0 Å². The van der Waals surface area contributed by atoms with Crippen LogP contribution < -0.4 is 14.8 Å². The summed E-state index contributed by atoms with van der Waals surface area (Å²) < 4.78 is 71.0. The molecule has 3 rings (SSSR count). The first-order valence-corrected chi connectivity index (χ1v) is 10.4. The number of sulfonamides is 1. The Hall–Kier alpha value is -3.54. The minimum atomic E-state index is -4.57. The molecule has 0 aliphatic rings. The number of benzene rings is 2. The van der Waals surface area contributed by atoms with Gasteiger partial charge in [0.25, 0.3) is 15.9 Å². The number of hydrogen-bond acceptors (Lipinski definition) is 5. The van der Waals surface area contributed by atoms with Gasteiger partial charge in [0.05, 0.1) is 12.2 Å². The number of alkyl halides is 3. The third-order valence-corrected chi connectivity index (χ3v) is 5.23. The zero-order chi connectivity index (χ0) is 22.6. The SMILES string of the molecule is CCOc1ccc(NS(=O)(=O)c2cc(C(=O)Nc3cccc(C(F)(F)F)c3)n[nH]2)cc1. The van der Waals surface area contributed by atoms with Crippen LogP contribution in [0.15, 0.2) is 59.6 Å². The largest absolute Gasteiger partial charge is 0.494 e. The van der Waals surface area contributed by atoms with E-state index in [4.69, 9.17) is 4.74 Å². The van der Waals surface area contributed by atoms with Crippen molar-refractivity contribution < 1.29 is 31.1 Å². The summed E-state index contributed by atoms with van der Waals surface area (Å²) in [5.41, 5.74) is -1.10. The normalized spacial score (nSPS) is 11.7. The third kappa shape index (κ3) is 5.54. The number of nitrogens with one attached hydrogen (secondary N) is 3. The van der Waals surface area contributed by atoms with Crippen molar-refractivity contribution in [1.29, 1.82) is 0 Å². The van der Waals surface area contributed by atoms with Gasteiger partial charge in [-0.1, -0.05) is 6.07 Å². The van der Waals surface area contributed by atoms with Gasteiger partial charge in [-0.05, 0) is 49.4 Å². The van der Waals surface area contributed by atoms with Crippen molar-refractivity contribution in [1.82, 2.24) is 10.2 Å². The fraction of sp³-hybridized carbons (Fsp3) is 0.158. The number of amides is 1. The van der Waals surface area contributed by atoms with Gasteiger partial charge in [-0.3, -0.25) is 14.6 Å². The van der Waals surface area contributed by atoms with E-state index in [2.05, 4.69) is 20.2 Å². The summed E-state index contributed by atoms with van der Waals surface area (Å²) in [4.78, 5) is 12.3. The number of aromatic amines is 1. The first-order chi connectivity index (χ1) is 14.6. The first kappa shape index (κ1) is 22.2. The highest BCUT2D eigenvalue weighted by molar-refractivity contribution is 7.92. The van der Waals surface area contributed by atoms with Crippen molar-refractivity contribution in [2.24, 2.45) is 0 Å². The van der Waals surface area contributed by atoms with E-state index in [1.165, 1.54) is 18.2 Å². The van der Waals surface area contributed by atoms with E-state index in [1.54, 1.807) is 12.1 Å². The molecule has 0 saturated heterocycles. The summed E-state index contributed by atoms with van der Waals surface area (Å²) in [6.07, 6.45) is -4.57. The van der Waals surface area contributed by atoms with Gasteiger partial charge in [-0.15, -0.1) is 0 Å². The van der Waals surface area contributed by atoms with Gasteiger partial charge in [0.2, 0.25) is 0 Å². The number of aromatic nitrogens is 2. The summed E-state index contributed by atoms with van der Waals surface area (Å²) in [6, 6.07) is 11.2. The number of anilines is 2. The molecular formula is C19H17F3N4O4S. The van der Waals surface area contributed by atoms with Crippen molar-refractivity contribution >= 4 is 27.3 Å². The van der Waals surface area contributed by atoms with Gasteiger partial charge in [-0.25, -0.2) is 0 Å².